The topological polar surface area (TPSA) is 29.4 Å². The Morgan fingerprint density at radius 2 is 1.88 bits per heavy atom. The van der Waals surface area contributed by atoms with Crippen LogP contribution in [0.25, 0.3) is 0 Å². The van der Waals surface area contributed by atoms with Crippen molar-refractivity contribution in [1.82, 2.24) is 0 Å². The molecule has 0 bridgehead atoms. The van der Waals surface area contributed by atoms with Crippen molar-refractivity contribution < 1.29 is 17.4 Å². The molecule has 0 N–H and O–H groups in total. The van der Waals surface area contributed by atoms with E-state index in [2.05, 4.69) is 20.9 Å². The molecule has 2 nitrogen and oxygen atoms in total. The first-order valence-electron chi connectivity index (χ1n) is 3.99. The minimum absolute atomic E-state index is 0.160. The standard InChI is InChI=1S/C9H5BrF3NOS/c10-5-1-3-6(4-2-5)14-9(13)7(16-15)8(11)12/h1-4,8H. The smallest absolute Gasteiger partial charge is 0.219 e. The normalized spacial score (nSPS) is 11.7. The number of rotatable bonds is 3. The zero-order valence-electron chi connectivity index (χ0n) is 7.66. The van der Waals surface area contributed by atoms with Crippen molar-refractivity contribution in [2.75, 3.05) is 0 Å². The third-order valence-corrected chi connectivity index (χ3v) is 2.60. The first-order chi connectivity index (χ1) is 7.54. The van der Waals surface area contributed by atoms with Gasteiger partial charge in [-0.2, -0.15) is 4.39 Å². The van der Waals surface area contributed by atoms with Crippen LogP contribution in [0.3, 0.4) is 0 Å². The summed E-state index contributed by atoms with van der Waals surface area (Å²) < 4.78 is 48.3. The lowest BCUT2D eigenvalue weighted by molar-refractivity contribution is 0.230. The summed E-state index contributed by atoms with van der Waals surface area (Å²) in [5.41, 5.74) is 0.160. The number of hydrogen-bond donors (Lipinski definition) is 0. The Morgan fingerprint density at radius 3 is 2.31 bits per heavy atom. The molecule has 0 fully saturated rings. The van der Waals surface area contributed by atoms with Crippen LogP contribution in [0.1, 0.15) is 0 Å². The highest BCUT2D eigenvalue weighted by molar-refractivity contribution is 9.10. The van der Waals surface area contributed by atoms with Crippen molar-refractivity contribution in [2.24, 2.45) is 4.99 Å². The average molecular weight is 312 g/mol. The van der Waals surface area contributed by atoms with Crippen LogP contribution in [0.2, 0.25) is 0 Å². The Morgan fingerprint density at radius 1 is 1.31 bits per heavy atom. The number of halogens is 4. The third kappa shape index (κ3) is 3.57. The fraction of sp³-hybridized carbons (Fsp3) is 0.111. The van der Waals surface area contributed by atoms with Crippen LogP contribution in [0.5, 0.6) is 0 Å². The maximum Gasteiger partial charge on any atom is 0.280 e. The Balaban J connectivity index is 3.01. The number of aliphatic imine (C=N–C) groups is 1. The monoisotopic (exact) mass is 311 g/mol. The predicted octanol–water partition coefficient (Wildman–Crippen LogP) is 3.10. The highest BCUT2D eigenvalue weighted by Crippen LogP contribution is 2.17. The highest BCUT2D eigenvalue weighted by Gasteiger charge is 2.19. The summed E-state index contributed by atoms with van der Waals surface area (Å²) in [5, 5.41) is 0. The molecule has 0 aliphatic heterocycles. The summed E-state index contributed by atoms with van der Waals surface area (Å²) in [6.07, 6.45) is -3.15. The Labute approximate surface area is 101 Å². The van der Waals surface area contributed by atoms with Crippen LogP contribution in [0.4, 0.5) is 18.9 Å². The molecule has 7 heteroatoms. The summed E-state index contributed by atoms with van der Waals surface area (Å²) in [6, 6.07) is 6.03. The molecule has 0 aliphatic rings. The Bertz CT molecular complexity index is 454. The van der Waals surface area contributed by atoms with Crippen molar-refractivity contribution >= 4 is 43.7 Å². The van der Waals surface area contributed by atoms with Crippen LogP contribution >= 0.6 is 15.9 Å². The molecular weight excluding hydrogens is 307 g/mol. The SMILES string of the molecule is O=S=C(C(F)=Nc1ccc(Br)cc1)C(F)F. The van der Waals surface area contributed by atoms with Crippen LogP contribution in [-0.2, 0) is 11.3 Å². The predicted molar refractivity (Wildman–Crippen MR) is 61.5 cm³/mol. The van der Waals surface area contributed by atoms with Gasteiger partial charge in [0.2, 0.25) is 5.97 Å². The van der Waals surface area contributed by atoms with Gasteiger partial charge in [-0.1, -0.05) is 15.9 Å². The second-order valence-corrected chi connectivity index (χ2v) is 4.15. The zero-order chi connectivity index (χ0) is 12.1. The molecule has 1 aromatic carbocycles. The van der Waals surface area contributed by atoms with Gasteiger partial charge in [-0.25, -0.2) is 18.0 Å². The maximum absolute atomic E-state index is 13.1. The van der Waals surface area contributed by atoms with Crippen LogP contribution in [0.15, 0.2) is 33.7 Å². The van der Waals surface area contributed by atoms with Gasteiger partial charge in [-0.3, -0.25) is 0 Å². The molecule has 0 saturated carbocycles. The van der Waals surface area contributed by atoms with Crippen molar-refractivity contribution in [3.05, 3.63) is 28.7 Å². The lowest BCUT2D eigenvalue weighted by atomic mass is 10.3. The molecule has 1 rings (SSSR count). The Hall–Kier alpha value is -0.950. The average Bonchev–Trinajstić information content (AvgIpc) is 2.22. The molecule has 1 aromatic rings. The lowest BCUT2D eigenvalue weighted by Crippen LogP contribution is -2.18. The minimum atomic E-state index is -3.15. The second kappa shape index (κ2) is 5.95. The van der Waals surface area contributed by atoms with Crippen molar-refractivity contribution in [2.45, 2.75) is 6.43 Å². The van der Waals surface area contributed by atoms with Crippen molar-refractivity contribution in [1.29, 1.82) is 0 Å². The van der Waals surface area contributed by atoms with Crippen LogP contribution in [0, 0.1) is 0 Å². The molecule has 0 saturated heterocycles. The summed E-state index contributed by atoms with van der Waals surface area (Å²) >= 11 is 2.57. The largest absolute Gasteiger partial charge is 0.280 e. The first kappa shape index (κ1) is 13.1. The molecule has 0 amide bonds. The zero-order valence-corrected chi connectivity index (χ0v) is 10.1. The van der Waals surface area contributed by atoms with E-state index < -0.39 is 28.5 Å². The number of alkyl halides is 2. The quantitative estimate of drug-likeness (QED) is 0.623. The summed E-state index contributed by atoms with van der Waals surface area (Å²) in [7, 11) is 0. The molecule has 0 aromatic heterocycles. The fourth-order valence-corrected chi connectivity index (χ4v) is 1.30. The van der Waals surface area contributed by atoms with Gasteiger partial charge in [0.15, 0.2) is 4.86 Å². The van der Waals surface area contributed by atoms with E-state index in [1.54, 1.807) is 12.1 Å². The van der Waals surface area contributed by atoms with Gasteiger partial charge in [0, 0.05) is 4.47 Å². The van der Waals surface area contributed by atoms with E-state index in [4.69, 9.17) is 0 Å². The van der Waals surface area contributed by atoms with Gasteiger partial charge >= 0.3 is 0 Å². The van der Waals surface area contributed by atoms with E-state index >= 15 is 0 Å². The summed E-state index contributed by atoms with van der Waals surface area (Å²) in [4.78, 5) is 2.08. The Kier molecular flexibility index (Phi) is 4.88. The van der Waals surface area contributed by atoms with E-state index in [-0.39, 0.29) is 5.69 Å². The van der Waals surface area contributed by atoms with E-state index in [1.807, 2.05) is 0 Å². The summed E-state index contributed by atoms with van der Waals surface area (Å²) in [5.74, 6) is -1.45. The molecule has 16 heavy (non-hydrogen) atoms. The molecule has 0 heterocycles. The van der Waals surface area contributed by atoms with E-state index in [0.29, 0.717) is 0 Å². The number of hydrogen-bond acceptors (Lipinski definition) is 2. The minimum Gasteiger partial charge on any atom is -0.219 e. The third-order valence-electron chi connectivity index (χ3n) is 1.55. The van der Waals surface area contributed by atoms with Gasteiger partial charge in [0.25, 0.3) is 6.43 Å². The lowest BCUT2D eigenvalue weighted by Gasteiger charge is -1.98. The van der Waals surface area contributed by atoms with Gasteiger partial charge < -0.3 is 0 Å². The van der Waals surface area contributed by atoms with Gasteiger partial charge in [0.05, 0.1) is 5.69 Å². The fourth-order valence-electron chi connectivity index (χ4n) is 0.845. The number of benzene rings is 1. The van der Waals surface area contributed by atoms with E-state index in [0.717, 1.165) is 4.47 Å². The van der Waals surface area contributed by atoms with Crippen molar-refractivity contribution in [3.8, 4) is 0 Å². The molecule has 0 atom stereocenters. The molecule has 0 spiro atoms. The molecule has 0 radical (unpaired) electrons. The van der Waals surface area contributed by atoms with E-state index in [1.165, 1.54) is 12.1 Å². The highest BCUT2D eigenvalue weighted by atomic mass is 79.9. The second-order valence-electron chi connectivity index (χ2n) is 2.63. The van der Waals surface area contributed by atoms with Gasteiger partial charge in [-0.15, -0.1) is 0 Å². The summed E-state index contributed by atoms with van der Waals surface area (Å²) in [6.45, 7) is 0. The van der Waals surface area contributed by atoms with Crippen LogP contribution in [-0.4, -0.2) is 21.5 Å². The molecule has 0 unspecified atom stereocenters. The van der Waals surface area contributed by atoms with Gasteiger partial charge in [0.1, 0.15) is 11.3 Å². The molecular formula is C9H5BrF3NOS. The van der Waals surface area contributed by atoms with Crippen molar-refractivity contribution in [3.63, 3.8) is 0 Å². The van der Waals surface area contributed by atoms with E-state index in [9.17, 15) is 17.4 Å². The maximum atomic E-state index is 13.1. The molecule has 0 aliphatic carbocycles. The van der Waals surface area contributed by atoms with Crippen LogP contribution < -0.4 is 0 Å². The number of nitrogens with zero attached hydrogens (tertiary/aromatic N) is 1. The van der Waals surface area contributed by atoms with Gasteiger partial charge in [-0.05, 0) is 24.3 Å². The first-order valence-corrected chi connectivity index (χ1v) is 5.53. The molecule has 86 valence electrons.